The van der Waals surface area contributed by atoms with Crippen LogP contribution in [0.5, 0.6) is 11.5 Å². The first-order chi connectivity index (χ1) is 19.2. The molecular formula is C29H29F3O9. The number of aryl methyl sites for hydroxylation is 1. The van der Waals surface area contributed by atoms with Crippen molar-refractivity contribution >= 4 is 17.7 Å². The van der Waals surface area contributed by atoms with Crippen LogP contribution in [-0.2, 0) is 34.1 Å². The number of rotatable bonds is 6. The van der Waals surface area contributed by atoms with E-state index in [0.717, 1.165) is 12.1 Å². The number of carbonyl (C=O) groups is 3. The maximum Gasteiger partial charge on any atom is 0.432 e. The van der Waals surface area contributed by atoms with E-state index in [9.17, 15) is 27.6 Å². The molecule has 0 saturated carbocycles. The number of hydrogen-bond donors (Lipinski definition) is 0. The number of Topliss-reactive ketones (excluding diaryl/α,β-unsaturated/α-hetero) is 1. The Labute approximate surface area is 234 Å². The molecule has 9 nitrogen and oxygen atoms in total. The topological polar surface area (TPSA) is 107 Å². The molecule has 12 heteroatoms. The third kappa shape index (κ3) is 4.45. The van der Waals surface area contributed by atoms with Crippen molar-refractivity contribution in [2.75, 3.05) is 21.3 Å². The fraction of sp³-hybridized carbons (Fsp3) is 0.414. The summed E-state index contributed by atoms with van der Waals surface area (Å²) in [4.78, 5) is 40.4. The highest BCUT2D eigenvalue weighted by atomic mass is 19.4. The van der Waals surface area contributed by atoms with E-state index in [1.807, 2.05) is 0 Å². The lowest BCUT2D eigenvalue weighted by Gasteiger charge is -2.44. The van der Waals surface area contributed by atoms with Gasteiger partial charge in [-0.3, -0.25) is 4.79 Å². The summed E-state index contributed by atoms with van der Waals surface area (Å²) < 4.78 is 76.7. The van der Waals surface area contributed by atoms with Gasteiger partial charge in [-0.15, -0.1) is 0 Å². The number of halogens is 3. The molecule has 1 aliphatic heterocycles. The van der Waals surface area contributed by atoms with Crippen molar-refractivity contribution in [2.24, 2.45) is 0 Å². The lowest BCUT2D eigenvalue weighted by Crippen LogP contribution is -2.64. The Morgan fingerprint density at radius 1 is 1.02 bits per heavy atom. The molecule has 0 fully saturated rings. The molecule has 41 heavy (non-hydrogen) atoms. The molecule has 0 spiro atoms. The van der Waals surface area contributed by atoms with Crippen LogP contribution in [0.15, 0.2) is 47.7 Å². The minimum absolute atomic E-state index is 0.0375. The third-order valence-corrected chi connectivity index (χ3v) is 7.63. The van der Waals surface area contributed by atoms with Crippen LogP contribution >= 0.6 is 0 Å². The second kappa shape index (κ2) is 10.5. The van der Waals surface area contributed by atoms with Gasteiger partial charge < -0.3 is 28.4 Å². The van der Waals surface area contributed by atoms with Crippen LogP contribution in [0.4, 0.5) is 13.2 Å². The van der Waals surface area contributed by atoms with Crippen molar-refractivity contribution < 1.29 is 56.0 Å². The quantitative estimate of drug-likeness (QED) is 0.458. The van der Waals surface area contributed by atoms with Crippen molar-refractivity contribution in [3.05, 3.63) is 70.0 Å². The molecule has 1 heterocycles. The number of carbonyl (C=O) groups excluding carboxylic acids is 3. The Bertz CT molecular complexity index is 1430. The summed E-state index contributed by atoms with van der Waals surface area (Å²) in [5.41, 5.74) is -5.34. The smallest absolute Gasteiger partial charge is 0.432 e. The summed E-state index contributed by atoms with van der Waals surface area (Å²) in [5, 5.41) is 0. The molecule has 1 aliphatic carbocycles. The Morgan fingerprint density at radius 3 is 2.20 bits per heavy atom. The summed E-state index contributed by atoms with van der Waals surface area (Å²) in [6, 6.07) is 7.83. The minimum atomic E-state index is -5.28. The zero-order valence-electron chi connectivity index (χ0n) is 23.4. The number of benzene rings is 2. The molecule has 0 unspecified atom stereocenters. The van der Waals surface area contributed by atoms with Gasteiger partial charge in [0.15, 0.2) is 23.6 Å². The first-order valence-electron chi connectivity index (χ1n) is 12.4. The van der Waals surface area contributed by atoms with Crippen molar-refractivity contribution in [2.45, 2.75) is 57.3 Å². The van der Waals surface area contributed by atoms with Crippen LogP contribution in [0.25, 0.3) is 0 Å². The highest BCUT2D eigenvalue weighted by Crippen LogP contribution is 2.47. The van der Waals surface area contributed by atoms with Crippen molar-refractivity contribution in [3.8, 4) is 11.5 Å². The molecule has 0 bridgehead atoms. The highest BCUT2D eigenvalue weighted by Gasteiger charge is 2.66. The maximum atomic E-state index is 14.5. The Kier molecular flexibility index (Phi) is 7.70. The van der Waals surface area contributed by atoms with E-state index >= 15 is 0 Å². The van der Waals surface area contributed by atoms with Crippen molar-refractivity contribution in [1.82, 2.24) is 0 Å². The van der Waals surface area contributed by atoms with Gasteiger partial charge in [0, 0.05) is 30.9 Å². The Hall–Kier alpha value is -3.90. The van der Waals surface area contributed by atoms with E-state index in [1.165, 1.54) is 46.3 Å². The van der Waals surface area contributed by atoms with E-state index in [1.54, 1.807) is 19.9 Å². The number of alkyl halides is 3. The lowest BCUT2D eigenvalue weighted by molar-refractivity contribution is -0.281. The Morgan fingerprint density at radius 2 is 1.66 bits per heavy atom. The largest absolute Gasteiger partial charge is 0.496 e. The number of ketones is 1. The minimum Gasteiger partial charge on any atom is -0.496 e. The number of methoxy groups -OCH3 is 3. The van der Waals surface area contributed by atoms with Crippen LogP contribution in [0.1, 0.15) is 40.9 Å². The molecule has 2 aliphatic rings. The summed E-state index contributed by atoms with van der Waals surface area (Å²) in [6.07, 6.45) is -8.62. The summed E-state index contributed by atoms with van der Waals surface area (Å²) in [6.45, 7) is 5.88. The molecule has 2 aromatic rings. The molecule has 4 atom stereocenters. The highest BCUT2D eigenvalue weighted by molar-refractivity contribution is 6.04. The molecule has 220 valence electrons. The molecule has 2 aromatic carbocycles. The van der Waals surface area contributed by atoms with Gasteiger partial charge in [-0.25, -0.2) is 9.59 Å². The molecule has 0 amide bonds. The summed E-state index contributed by atoms with van der Waals surface area (Å²) in [5.74, 6) is -3.41. The fourth-order valence-corrected chi connectivity index (χ4v) is 5.17. The molecule has 0 radical (unpaired) electrons. The van der Waals surface area contributed by atoms with Crippen molar-refractivity contribution in [3.63, 3.8) is 0 Å². The van der Waals surface area contributed by atoms with Gasteiger partial charge in [-0.05, 0) is 39.3 Å². The monoisotopic (exact) mass is 578 g/mol. The standard InChI is InChI=1S/C29H29F3O9/c1-14-13-18(36-5)15(2)19-21(14)39-24-22(40-25(19)34)16(3)20(33)23(27(24,4)37-6)41-26(35)28(38-7,29(30,31)32)17-11-9-8-10-12-17/h8-13,23-24H,1-7H3/t23-,24-,27-,28-/m0/s1. The second-order valence-corrected chi connectivity index (χ2v) is 9.89. The lowest BCUT2D eigenvalue weighted by atomic mass is 9.79. The third-order valence-electron chi connectivity index (χ3n) is 7.63. The predicted molar refractivity (Wildman–Crippen MR) is 136 cm³/mol. The van der Waals surface area contributed by atoms with Crippen molar-refractivity contribution in [1.29, 1.82) is 0 Å². The van der Waals surface area contributed by atoms with Gasteiger partial charge in [0.25, 0.3) is 5.60 Å². The number of ether oxygens (including phenoxy) is 6. The second-order valence-electron chi connectivity index (χ2n) is 9.89. The van der Waals surface area contributed by atoms with Crippen LogP contribution in [0.3, 0.4) is 0 Å². The first kappa shape index (κ1) is 30.1. The van der Waals surface area contributed by atoms with Crippen LogP contribution in [-0.4, -0.2) is 63.0 Å². The normalized spacial score (nSPS) is 23.9. The summed E-state index contributed by atoms with van der Waals surface area (Å²) in [7, 11) is 3.31. The zero-order chi connectivity index (χ0) is 30.5. The van der Waals surface area contributed by atoms with Crippen LogP contribution in [0.2, 0.25) is 0 Å². The van der Waals surface area contributed by atoms with Gasteiger partial charge in [0.05, 0.1) is 7.11 Å². The van der Waals surface area contributed by atoms with E-state index in [2.05, 4.69) is 0 Å². The van der Waals surface area contributed by atoms with Crippen LogP contribution in [0, 0.1) is 13.8 Å². The van der Waals surface area contributed by atoms with Gasteiger partial charge >= 0.3 is 18.1 Å². The first-order valence-corrected chi connectivity index (χ1v) is 12.4. The molecule has 4 rings (SSSR count). The number of esters is 2. The van der Waals surface area contributed by atoms with E-state index in [4.69, 9.17) is 28.4 Å². The zero-order valence-corrected chi connectivity index (χ0v) is 23.4. The van der Waals surface area contributed by atoms with Gasteiger partial charge in [0.2, 0.25) is 5.78 Å². The SMILES string of the molecule is COc1cc(C)c2c(c1C)C(=O)OC1=C(C)C(=O)[C@H](OC(=O)[C@@](OC)(c3ccccc3)C(F)(F)F)[C@](C)(OC)[C@H]1O2. The predicted octanol–water partition coefficient (Wildman–Crippen LogP) is 4.51. The van der Waals surface area contributed by atoms with Crippen LogP contribution < -0.4 is 9.47 Å². The van der Waals surface area contributed by atoms with Gasteiger partial charge in [-0.2, -0.15) is 13.2 Å². The van der Waals surface area contributed by atoms with E-state index < -0.39 is 52.9 Å². The average molecular weight is 579 g/mol. The fourth-order valence-electron chi connectivity index (χ4n) is 5.17. The van der Waals surface area contributed by atoms with E-state index in [-0.39, 0.29) is 22.6 Å². The summed E-state index contributed by atoms with van der Waals surface area (Å²) >= 11 is 0. The molecule has 0 saturated heterocycles. The van der Waals surface area contributed by atoms with Gasteiger partial charge in [-0.1, -0.05) is 30.3 Å². The average Bonchev–Trinajstić information content (AvgIpc) is 3.09. The maximum absolute atomic E-state index is 14.5. The van der Waals surface area contributed by atoms with Gasteiger partial charge in [0.1, 0.15) is 17.1 Å². The number of fused-ring (bicyclic) bond motifs is 2. The Balaban J connectivity index is 1.86. The molecule has 0 aromatic heterocycles. The van der Waals surface area contributed by atoms with E-state index in [0.29, 0.717) is 24.0 Å². The number of hydrogen-bond acceptors (Lipinski definition) is 9. The molecular weight excluding hydrogens is 549 g/mol. The molecule has 0 N–H and O–H groups in total.